The molecule has 23 heavy (non-hydrogen) atoms. The molecule has 1 aromatic heterocycles. The van der Waals surface area contributed by atoms with Gasteiger partial charge in [0, 0.05) is 43.4 Å². The summed E-state index contributed by atoms with van der Waals surface area (Å²) in [4.78, 5) is 2.58. The third-order valence-corrected chi connectivity index (χ3v) is 5.27. The molecular formula is C18H26N4O. The number of H-pyrrole nitrogens is 1. The molecule has 5 heteroatoms. The van der Waals surface area contributed by atoms with Gasteiger partial charge in [-0.2, -0.15) is 5.10 Å². The van der Waals surface area contributed by atoms with Crippen molar-refractivity contribution in [3.8, 4) is 0 Å². The summed E-state index contributed by atoms with van der Waals surface area (Å²) in [6, 6.07) is 6.97. The van der Waals surface area contributed by atoms with Crippen LogP contribution in [0.4, 0.5) is 5.69 Å². The third-order valence-electron chi connectivity index (χ3n) is 5.27. The Labute approximate surface area is 137 Å². The molecule has 5 nitrogen and oxygen atoms in total. The number of likely N-dealkylation sites (tertiary alicyclic amines) is 1. The monoisotopic (exact) mass is 314 g/mol. The van der Waals surface area contributed by atoms with Crippen molar-refractivity contribution in [2.45, 2.75) is 38.3 Å². The number of nitrogens with one attached hydrogen (secondary N) is 2. The maximum atomic E-state index is 5.78. The molecule has 2 aliphatic rings. The second-order valence-electron chi connectivity index (χ2n) is 7.08. The van der Waals surface area contributed by atoms with Crippen LogP contribution in [0.2, 0.25) is 0 Å². The van der Waals surface area contributed by atoms with Crippen molar-refractivity contribution < 1.29 is 4.74 Å². The summed E-state index contributed by atoms with van der Waals surface area (Å²) in [5.41, 5.74) is 2.29. The van der Waals surface area contributed by atoms with Crippen LogP contribution >= 0.6 is 0 Å². The van der Waals surface area contributed by atoms with Gasteiger partial charge in [-0.25, -0.2) is 0 Å². The maximum Gasteiger partial charge on any atom is 0.0702 e. The number of fused-ring (bicyclic) bond motifs is 1. The highest BCUT2D eigenvalue weighted by Gasteiger charge is 2.28. The maximum absolute atomic E-state index is 5.78. The minimum absolute atomic E-state index is 0.468. The Morgan fingerprint density at radius 3 is 3.17 bits per heavy atom. The van der Waals surface area contributed by atoms with Gasteiger partial charge in [0.05, 0.1) is 17.8 Å². The lowest BCUT2D eigenvalue weighted by atomic mass is 9.93. The lowest BCUT2D eigenvalue weighted by Crippen LogP contribution is -2.47. The molecule has 3 atom stereocenters. The summed E-state index contributed by atoms with van der Waals surface area (Å²) in [5, 5.41) is 12.0. The Bertz CT molecular complexity index is 649. The zero-order chi connectivity index (χ0) is 15.6. The van der Waals surface area contributed by atoms with E-state index < -0.39 is 0 Å². The van der Waals surface area contributed by atoms with Gasteiger partial charge in [0.15, 0.2) is 0 Å². The molecule has 0 saturated carbocycles. The van der Waals surface area contributed by atoms with Crippen LogP contribution in [0.15, 0.2) is 24.4 Å². The lowest BCUT2D eigenvalue weighted by molar-refractivity contribution is 0.0563. The molecule has 2 fully saturated rings. The molecular weight excluding hydrogens is 288 g/mol. The molecule has 3 heterocycles. The number of piperidine rings is 1. The van der Waals surface area contributed by atoms with Gasteiger partial charge in [0.25, 0.3) is 0 Å². The molecule has 3 unspecified atom stereocenters. The Morgan fingerprint density at radius 1 is 1.39 bits per heavy atom. The van der Waals surface area contributed by atoms with E-state index in [1.807, 2.05) is 6.20 Å². The number of anilines is 1. The third kappa shape index (κ3) is 3.35. The minimum atomic E-state index is 0.468. The zero-order valence-electron chi connectivity index (χ0n) is 13.8. The highest BCUT2D eigenvalue weighted by molar-refractivity contribution is 5.81. The minimum Gasteiger partial charge on any atom is -0.382 e. The fraction of sp³-hybridized carbons (Fsp3) is 0.611. The van der Waals surface area contributed by atoms with Gasteiger partial charge in [-0.15, -0.1) is 0 Å². The first-order chi connectivity index (χ1) is 11.3. The number of ether oxygens (including phenoxy) is 1. The van der Waals surface area contributed by atoms with Crippen LogP contribution in [0.5, 0.6) is 0 Å². The van der Waals surface area contributed by atoms with Crippen molar-refractivity contribution in [2.24, 2.45) is 5.92 Å². The van der Waals surface area contributed by atoms with E-state index in [2.05, 4.69) is 45.5 Å². The van der Waals surface area contributed by atoms with Crippen molar-refractivity contribution in [3.05, 3.63) is 24.4 Å². The predicted octanol–water partition coefficient (Wildman–Crippen LogP) is 2.86. The van der Waals surface area contributed by atoms with Crippen LogP contribution in [0.1, 0.15) is 26.2 Å². The van der Waals surface area contributed by atoms with Crippen LogP contribution in [0.25, 0.3) is 10.9 Å². The van der Waals surface area contributed by atoms with Crippen molar-refractivity contribution in [2.75, 3.05) is 31.6 Å². The number of aromatic nitrogens is 2. The number of nitrogens with zero attached hydrogens (tertiary/aromatic N) is 2. The largest absolute Gasteiger partial charge is 0.382 e. The van der Waals surface area contributed by atoms with Gasteiger partial charge >= 0.3 is 0 Å². The van der Waals surface area contributed by atoms with Crippen LogP contribution in [-0.2, 0) is 4.74 Å². The van der Waals surface area contributed by atoms with Gasteiger partial charge in [-0.05, 0) is 43.4 Å². The fourth-order valence-electron chi connectivity index (χ4n) is 3.94. The molecule has 0 bridgehead atoms. The Kier molecular flexibility index (Phi) is 4.23. The molecule has 4 rings (SSSR count). The quantitative estimate of drug-likeness (QED) is 0.911. The lowest BCUT2D eigenvalue weighted by Gasteiger charge is -2.38. The first kappa shape index (κ1) is 15.0. The molecule has 1 aromatic carbocycles. The molecule has 0 radical (unpaired) electrons. The SMILES string of the molecule is CC1CN(CC2CCCO2)CCC1Nc1ccc2[nH]ncc2c1. The normalized spacial score (nSPS) is 29.2. The topological polar surface area (TPSA) is 53.2 Å². The highest BCUT2D eigenvalue weighted by atomic mass is 16.5. The molecule has 0 amide bonds. The van der Waals surface area contributed by atoms with Gasteiger partial charge in [-0.1, -0.05) is 6.92 Å². The molecule has 2 N–H and O–H groups in total. The summed E-state index contributed by atoms with van der Waals surface area (Å²) >= 11 is 0. The number of benzene rings is 1. The average Bonchev–Trinajstić information content (AvgIpc) is 3.21. The molecule has 124 valence electrons. The van der Waals surface area contributed by atoms with E-state index in [0.29, 0.717) is 18.1 Å². The van der Waals surface area contributed by atoms with Crippen LogP contribution < -0.4 is 5.32 Å². The standard InChI is InChI=1S/C18H26N4O/c1-13-11-22(12-16-3-2-8-23-16)7-6-17(13)20-15-4-5-18-14(9-15)10-19-21-18/h4-5,9-10,13,16-17,20H,2-3,6-8,11-12H2,1H3,(H,19,21). The Balaban J connectivity index is 1.34. The molecule has 0 spiro atoms. The Hall–Kier alpha value is -1.59. The average molecular weight is 314 g/mol. The fourth-order valence-corrected chi connectivity index (χ4v) is 3.94. The van der Waals surface area contributed by atoms with Gasteiger partial charge in [0.2, 0.25) is 0 Å². The number of aromatic amines is 1. The predicted molar refractivity (Wildman–Crippen MR) is 92.7 cm³/mol. The van der Waals surface area contributed by atoms with Gasteiger partial charge in [0.1, 0.15) is 0 Å². The molecule has 2 aliphatic heterocycles. The molecule has 2 aromatic rings. The number of hydrogen-bond donors (Lipinski definition) is 2. The van der Waals surface area contributed by atoms with E-state index >= 15 is 0 Å². The van der Waals surface area contributed by atoms with Crippen LogP contribution in [0, 0.1) is 5.92 Å². The van der Waals surface area contributed by atoms with Gasteiger partial charge in [-0.3, -0.25) is 5.10 Å². The first-order valence-electron chi connectivity index (χ1n) is 8.81. The summed E-state index contributed by atoms with van der Waals surface area (Å²) in [5.74, 6) is 0.644. The highest BCUT2D eigenvalue weighted by Crippen LogP contribution is 2.24. The first-order valence-corrected chi connectivity index (χ1v) is 8.81. The smallest absolute Gasteiger partial charge is 0.0702 e. The number of hydrogen-bond acceptors (Lipinski definition) is 4. The van der Waals surface area contributed by atoms with Crippen LogP contribution in [0.3, 0.4) is 0 Å². The van der Waals surface area contributed by atoms with E-state index in [0.717, 1.165) is 31.8 Å². The van der Waals surface area contributed by atoms with Gasteiger partial charge < -0.3 is 15.0 Å². The second-order valence-corrected chi connectivity index (χ2v) is 7.08. The summed E-state index contributed by atoms with van der Waals surface area (Å²) in [7, 11) is 0. The molecule has 0 aliphatic carbocycles. The molecule has 2 saturated heterocycles. The zero-order valence-corrected chi connectivity index (χ0v) is 13.8. The second kappa shape index (κ2) is 6.49. The van der Waals surface area contributed by atoms with Crippen molar-refractivity contribution in [3.63, 3.8) is 0 Å². The summed E-state index contributed by atoms with van der Waals surface area (Å²) in [6.45, 7) is 6.74. The number of rotatable bonds is 4. The summed E-state index contributed by atoms with van der Waals surface area (Å²) < 4.78 is 5.78. The van der Waals surface area contributed by atoms with Crippen molar-refractivity contribution in [1.29, 1.82) is 0 Å². The van der Waals surface area contributed by atoms with Crippen molar-refractivity contribution in [1.82, 2.24) is 15.1 Å². The summed E-state index contributed by atoms with van der Waals surface area (Å²) in [6.07, 6.45) is 6.01. The van der Waals surface area contributed by atoms with E-state index in [1.54, 1.807) is 0 Å². The van der Waals surface area contributed by atoms with Crippen LogP contribution in [-0.4, -0.2) is 53.5 Å². The van der Waals surface area contributed by atoms with E-state index in [9.17, 15) is 0 Å². The van der Waals surface area contributed by atoms with E-state index in [-0.39, 0.29) is 0 Å². The van der Waals surface area contributed by atoms with E-state index in [4.69, 9.17) is 4.74 Å². The van der Waals surface area contributed by atoms with Crippen molar-refractivity contribution >= 4 is 16.6 Å². The van der Waals surface area contributed by atoms with E-state index in [1.165, 1.54) is 30.3 Å². The Morgan fingerprint density at radius 2 is 2.35 bits per heavy atom.